The summed E-state index contributed by atoms with van der Waals surface area (Å²) in [5, 5.41) is 8.94. The molecule has 0 fully saturated rings. The molecule has 3 rings (SSSR count). The van der Waals surface area contributed by atoms with Crippen molar-refractivity contribution in [1.29, 1.82) is 0 Å². The molecule has 0 atom stereocenters. The quantitative estimate of drug-likeness (QED) is 0.575. The molecular weight excluding hydrogens is 238 g/mol. The molecule has 0 aliphatic heterocycles. The van der Waals surface area contributed by atoms with Gasteiger partial charge in [0.2, 0.25) is 11.8 Å². The smallest absolute Gasteiger partial charge is 0.280 e. The standard InChI is InChI=1S/C10H9N5O3/c11-10-13-8-7(9(17)14-10)12-4-15(8)6-2-1-5(3-16)18-6/h1-2,4,16H,3H2,(H3,11,13,14,17). The lowest BCUT2D eigenvalue weighted by Crippen LogP contribution is -2.11. The number of rotatable bonds is 2. The highest BCUT2D eigenvalue weighted by Crippen LogP contribution is 2.17. The first-order valence-electron chi connectivity index (χ1n) is 5.12. The van der Waals surface area contributed by atoms with Gasteiger partial charge in [-0.05, 0) is 6.07 Å². The summed E-state index contributed by atoms with van der Waals surface area (Å²) in [6.45, 7) is -0.206. The Morgan fingerprint density at radius 1 is 1.50 bits per heavy atom. The number of aliphatic hydroxyl groups excluding tert-OH is 1. The third-order valence-electron chi connectivity index (χ3n) is 2.47. The molecule has 18 heavy (non-hydrogen) atoms. The number of anilines is 1. The van der Waals surface area contributed by atoms with E-state index in [0.29, 0.717) is 17.3 Å². The van der Waals surface area contributed by atoms with Crippen LogP contribution in [0.4, 0.5) is 5.95 Å². The van der Waals surface area contributed by atoms with E-state index in [-0.39, 0.29) is 18.1 Å². The minimum absolute atomic E-state index is 0.00295. The van der Waals surface area contributed by atoms with Gasteiger partial charge in [-0.25, -0.2) is 4.98 Å². The molecule has 0 bridgehead atoms. The molecule has 0 radical (unpaired) electrons. The number of furan rings is 1. The molecule has 3 aromatic heterocycles. The third-order valence-corrected chi connectivity index (χ3v) is 2.47. The number of aliphatic hydroxyl groups is 1. The summed E-state index contributed by atoms with van der Waals surface area (Å²) in [7, 11) is 0. The number of nitrogens with one attached hydrogen (secondary N) is 1. The lowest BCUT2D eigenvalue weighted by Gasteiger charge is -1.99. The van der Waals surface area contributed by atoms with Gasteiger partial charge in [-0.2, -0.15) is 4.98 Å². The van der Waals surface area contributed by atoms with Crippen LogP contribution in [-0.4, -0.2) is 24.6 Å². The van der Waals surface area contributed by atoms with Crippen LogP contribution in [0, 0.1) is 0 Å². The van der Waals surface area contributed by atoms with E-state index in [0.717, 1.165) is 0 Å². The molecule has 0 unspecified atom stereocenters. The van der Waals surface area contributed by atoms with Crippen LogP contribution in [0.25, 0.3) is 17.0 Å². The summed E-state index contributed by atoms with van der Waals surface area (Å²) in [5.41, 5.74) is 5.55. The van der Waals surface area contributed by atoms with Crippen LogP contribution in [0.1, 0.15) is 5.76 Å². The first kappa shape index (κ1) is 10.5. The van der Waals surface area contributed by atoms with E-state index in [9.17, 15) is 4.79 Å². The lowest BCUT2D eigenvalue weighted by atomic mass is 10.5. The molecule has 8 nitrogen and oxygen atoms in total. The Kier molecular flexibility index (Phi) is 2.17. The SMILES string of the molecule is Nc1nc2c(ncn2-c2ccc(CO)o2)c(=O)[nH]1. The van der Waals surface area contributed by atoms with Crippen LogP contribution in [0.15, 0.2) is 27.7 Å². The number of nitrogen functional groups attached to an aromatic ring is 1. The number of aromatic amines is 1. The first-order valence-corrected chi connectivity index (χ1v) is 5.12. The van der Waals surface area contributed by atoms with Crippen molar-refractivity contribution in [2.75, 3.05) is 5.73 Å². The fourth-order valence-corrected chi connectivity index (χ4v) is 1.67. The fraction of sp³-hybridized carbons (Fsp3) is 0.100. The van der Waals surface area contributed by atoms with Crippen molar-refractivity contribution in [3.8, 4) is 5.88 Å². The molecule has 0 spiro atoms. The van der Waals surface area contributed by atoms with Crippen molar-refractivity contribution in [3.05, 3.63) is 34.6 Å². The van der Waals surface area contributed by atoms with Gasteiger partial charge in [-0.3, -0.25) is 14.3 Å². The average molecular weight is 247 g/mol. The van der Waals surface area contributed by atoms with E-state index < -0.39 is 5.56 Å². The van der Waals surface area contributed by atoms with Crippen LogP contribution in [-0.2, 0) is 6.61 Å². The number of aromatic nitrogens is 4. The van der Waals surface area contributed by atoms with E-state index >= 15 is 0 Å². The minimum atomic E-state index is -0.412. The summed E-state index contributed by atoms with van der Waals surface area (Å²) < 4.78 is 6.83. The Balaban J connectivity index is 2.26. The summed E-state index contributed by atoms with van der Waals surface area (Å²) in [6, 6.07) is 3.27. The molecule has 0 amide bonds. The molecule has 92 valence electrons. The van der Waals surface area contributed by atoms with Crippen LogP contribution in [0.2, 0.25) is 0 Å². The highest BCUT2D eigenvalue weighted by atomic mass is 16.4. The van der Waals surface area contributed by atoms with E-state index in [1.807, 2.05) is 0 Å². The maximum Gasteiger partial charge on any atom is 0.280 e. The predicted molar refractivity (Wildman–Crippen MR) is 62.1 cm³/mol. The Morgan fingerprint density at radius 3 is 3.06 bits per heavy atom. The molecule has 0 aliphatic carbocycles. The van der Waals surface area contributed by atoms with Gasteiger partial charge in [0.1, 0.15) is 18.7 Å². The van der Waals surface area contributed by atoms with Gasteiger partial charge in [0.05, 0.1) is 0 Å². The van der Waals surface area contributed by atoms with Gasteiger partial charge in [0.25, 0.3) is 5.56 Å². The monoisotopic (exact) mass is 247 g/mol. The zero-order valence-corrected chi connectivity index (χ0v) is 9.12. The molecule has 0 aliphatic rings. The van der Waals surface area contributed by atoms with Gasteiger partial charge >= 0.3 is 0 Å². The number of hydrogen-bond acceptors (Lipinski definition) is 6. The second-order valence-electron chi connectivity index (χ2n) is 3.64. The second-order valence-corrected chi connectivity index (χ2v) is 3.64. The number of nitrogens with zero attached hydrogens (tertiary/aromatic N) is 3. The van der Waals surface area contributed by atoms with Crippen molar-refractivity contribution >= 4 is 17.1 Å². The van der Waals surface area contributed by atoms with Crippen LogP contribution in [0.5, 0.6) is 0 Å². The van der Waals surface area contributed by atoms with Crippen molar-refractivity contribution in [1.82, 2.24) is 19.5 Å². The Hall–Kier alpha value is -2.61. The zero-order valence-electron chi connectivity index (χ0n) is 9.12. The summed E-state index contributed by atoms with van der Waals surface area (Å²) in [6.07, 6.45) is 1.41. The highest BCUT2D eigenvalue weighted by Gasteiger charge is 2.12. The minimum Gasteiger partial charge on any atom is -0.442 e. The number of nitrogens with two attached hydrogens (primary N) is 1. The zero-order chi connectivity index (χ0) is 12.7. The summed E-state index contributed by atoms with van der Waals surface area (Å²) in [4.78, 5) is 21.9. The molecule has 3 aromatic rings. The lowest BCUT2D eigenvalue weighted by molar-refractivity contribution is 0.246. The van der Waals surface area contributed by atoms with Crippen molar-refractivity contribution in [3.63, 3.8) is 0 Å². The summed E-state index contributed by atoms with van der Waals surface area (Å²) >= 11 is 0. The van der Waals surface area contributed by atoms with Gasteiger partial charge in [0, 0.05) is 6.07 Å². The van der Waals surface area contributed by atoms with E-state index in [1.165, 1.54) is 10.9 Å². The maximum absolute atomic E-state index is 11.6. The van der Waals surface area contributed by atoms with Crippen molar-refractivity contribution in [2.24, 2.45) is 0 Å². The molecule has 8 heteroatoms. The maximum atomic E-state index is 11.6. The molecule has 3 heterocycles. The molecule has 0 saturated heterocycles. The van der Waals surface area contributed by atoms with Crippen LogP contribution >= 0.6 is 0 Å². The van der Waals surface area contributed by atoms with Crippen LogP contribution in [0.3, 0.4) is 0 Å². The Bertz CT molecular complexity index is 769. The molecule has 0 saturated carbocycles. The van der Waals surface area contributed by atoms with E-state index in [1.54, 1.807) is 12.1 Å². The highest BCUT2D eigenvalue weighted by molar-refractivity contribution is 5.72. The average Bonchev–Trinajstić information content (AvgIpc) is 2.93. The van der Waals surface area contributed by atoms with Gasteiger partial charge < -0.3 is 15.3 Å². The van der Waals surface area contributed by atoms with Crippen molar-refractivity contribution < 1.29 is 9.52 Å². The topological polar surface area (TPSA) is 123 Å². The molecule has 4 N–H and O–H groups in total. The summed E-state index contributed by atoms with van der Waals surface area (Å²) in [5.74, 6) is 0.812. The number of H-pyrrole nitrogens is 1. The predicted octanol–water partition coefficient (Wildman–Crippen LogP) is -0.224. The first-order chi connectivity index (χ1) is 8.69. The normalized spacial score (nSPS) is 11.2. The van der Waals surface area contributed by atoms with Crippen molar-refractivity contribution in [2.45, 2.75) is 6.61 Å². The van der Waals surface area contributed by atoms with E-state index in [4.69, 9.17) is 15.3 Å². The van der Waals surface area contributed by atoms with Gasteiger partial charge in [-0.15, -0.1) is 0 Å². The number of imidazole rings is 1. The number of fused-ring (bicyclic) bond motifs is 1. The third kappa shape index (κ3) is 1.47. The van der Waals surface area contributed by atoms with E-state index in [2.05, 4.69) is 15.0 Å². The Labute approximate surface area is 99.7 Å². The second kappa shape index (κ2) is 3.70. The van der Waals surface area contributed by atoms with Gasteiger partial charge in [0.15, 0.2) is 11.2 Å². The van der Waals surface area contributed by atoms with Crippen LogP contribution < -0.4 is 11.3 Å². The number of hydrogen-bond donors (Lipinski definition) is 3. The Morgan fingerprint density at radius 2 is 2.33 bits per heavy atom. The molecular formula is C10H9N5O3. The fourth-order valence-electron chi connectivity index (χ4n) is 1.67. The van der Waals surface area contributed by atoms with Gasteiger partial charge in [-0.1, -0.05) is 0 Å². The largest absolute Gasteiger partial charge is 0.442 e. The molecule has 0 aromatic carbocycles.